The van der Waals surface area contributed by atoms with Crippen LogP contribution in [0.25, 0.3) is 0 Å². The maximum Gasteiger partial charge on any atom is 0.410 e. The zero-order chi connectivity index (χ0) is 18.6. The van der Waals surface area contributed by atoms with Crippen LogP contribution >= 0.6 is 0 Å². The number of nitrogens with two attached hydrogens (primary N) is 1. The molecule has 2 unspecified atom stereocenters. The standard InChI is InChI=1S/C18H24F3N3O2/c1-23-16-7-24(8-17(16)26-18(23)25)9-2-3-10(15(22)4-9)11-5-13(20)14(21)6-12(11)19/h6,9-11,15-17H,2-5,7-8,22H2,1H3/t9-,10+,11?,15?,16+,17-/m0/s1. The zero-order valence-corrected chi connectivity index (χ0v) is 14.7. The first-order chi connectivity index (χ1) is 12.3. The van der Waals surface area contributed by atoms with E-state index in [1.54, 1.807) is 11.9 Å². The van der Waals surface area contributed by atoms with Crippen LogP contribution in [0.1, 0.15) is 25.7 Å². The Hall–Kier alpha value is -1.54. The second kappa shape index (κ2) is 6.56. The van der Waals surface area contributed by atoms with E-state index in [9.17, 15) is 18.0 Å². The fourth-order valence-electron chi connectivity index (χ4n) is 5.01. The van der Waals surface area contributed by atoms with E-state index >= 15 is 0 Å². The molecule has 0 bridgehead atoms. The molecule has 144 valence electrons. The van der Waals surface area contributed by atoms with Gasteiger partial charge < -0.3 is 15.4 Å². The number of likely N-dealkylation sites (N-methyl/N-ethyl adjacent to an activating group) is 1. The summed E-state index contributed by atoms with van der Waals surface area (Å²) in [7, 11) is 1.75. The molecule has 3 fully saturated rings. The Bertz CT molecular complexity index is 668. The fourth-order valence-corrected chi connectivity index (χ4v) is 5.01. The van der Waals surface area contributed by atoms with Gasteiger partial charge in [-0.15, -0.1) is 0 Å². The summed E-state index contributed by atoms with van der Waals surface area (Å²) in [6.07, 6.45) is 2.21. The molecule has 0 aromatic rings. The molecule has 26 heavy (non-hydrogen) atoms. The average Bonchev–Trinajstić information content (AvgIpc) is 3.11. The van der Waals surface area contributed by atoms with E-state index in [2.05, 4.69) is 4.90 Å². The molecule has 4 aliphatic rings. The third-order valence-electron chi connectivity index (χ3n) is 6.54. The van der Waals surface area contributed by atoms with Crippen LogP contribution in [0.2, 0.25) is 0 Å². The lowest BCUT2D eigenvalue weighted by Gasteiger charge is -2.41. The SMILES string of the molecule is CN1C(=O)O[C@H]2CN([C@H]3CC[C@H](C4CC(F)=C(F)C=C4F)C(N)C3)C[C@H]21. The molecule has 2 N–H and O–H groups in total. The molecule has 8 heteroatoms. The van der Waals surface area contributed by atoms with Crippen LogP contribution < -0.4 is 5.73 Å². The van der Waals surface area contributed by atoms with Gasteiger partial charge in [-0.2, -0.15) is 0 Å². The average molecular weight is 371 g/mol. The Morgan fingerprint density at radius 2 is 2.00 bits per heavy atom. The van der Waals surface area contributed by atoms with Gasteiger partial charge in [-0.1, -0.05) is 0 Å². The number of amides is 1. The maximum absolute atomic E-state index is 14.2. The van der Waals surface area contributed by atoms with Gasteiger partial charge in [0.2, 0.25) is 0 Å². The van der Waals surface area contributed by atoms with E-state index < -0.39 is 23.4 Å². The number of ether oxygens (including phenoxy) is 1. The van der Waals surface area contributed by atoms with Crippen molar-refractivity contribution in [1.82, 2.24) is 9.80 Å². The molecule has 1 amide bonds. The highest BCUT2D eigenvalue weighted by atomic mass is 19.2. The molecule has 0 aromatic heterocycles. The van der Waals surface area contributed by atoms with Crippen molar-refractivity contribution in [3.05, 3.63) is 23.6 Å². The number of nitrogens with zero attached hydrogens (tertiary/aromatic N) is 2. The van der Waals surface area contributed by atoms with Gasteiger partial charge in [-0.25, -0.2) is 18.0 Å². The van der Waals surface area contributed by atoms with Gasteiger partial charge in [0.05, 0.1) is 6.04 Å². The summed E-state index contributed by atoms with van der Waals surface area (Å²) in [5.74, 6) is -3.46. The zero-order valence-electron chi connectivity index (χ0n) is 14.7. The Balaban J connectivity index is 1.38. The second-order valence-corrected chi connectivity index (χ2v) is 7.94. The van der Waals surface area contributed by atoms with Crippen molar-refractivity contribution in [2.75, 3.05) is 20.1 Å². The summed E-state index contributed by atoms with van der Waals surface area (Å²) in [5, 5.41) is 0. The van der Waals surface area contributed by atoms with Crippen molar-refractivity contribution in [2.45, 2.75) is 49.9 Å². The predicted molar refractivity (Wildman–Crippen MR) is 89.0 cm³/mol. The van der Waals surface area contributed by atoms with Crippen LogP contribution in [0.4, 0.5) is 18.0 Å². The van der Waals surface area contributed by atoms with Gasteiger partial charge in [0.25, 0.3) is 0 Å². The Morgan fingerprint density at radius 3 is 2.69 bits per heavy atom. The first kappa shape index (κ1) is 17.9. The molecule has 1 saturated carbocycles. The highest BCUT2D eigenvalue weighted by Gasteiger charge is 2.48. The summed E-state index contributed by atoms with van der Waals surface area (Å²) in [6, 6.07) is 0.0386. The molecule has 0 spiro atoms. The quantitative estimate of drug-likeness (QED) is 0.811. The van der Waals surface area contributed by atoms with E-state index in [0.29, 0.717) is 25.5 Å². The van der Waals surface area contributed by atoms with Crippen LogP contribution in [-0.2, 0) is 4.74 Å². The van der Waals surface area contributed by atoms with Gasteiger partial charge in [-0.05, 0) is 25.2 Å². The topological polar surface area (TPSA) is 58.8 Å². The largest absolute Gasteiger partial charge is 0.442 e. The molecule has 2 aliphatic heterocycles. The minimum Gasteiger partial charge on any atom is -0.442 e. The van der Waals surface area contributed by atoms with Crippen molar-refractivity contribution in [3.8, 4) is 0 Å². The van der Waals surface area contributed by atoms with Gasteiger partial charge in [0.15, 0.2) is 5.83 Å². The minimum atomic E-state index is -1.11. The molecule has 2 heterocycles. The fraction of sp³-hybridized carbons (Fsp3) is 0.722. The number of carbonyl (C=O) groups excluding carboxylic acids is 1. The third kappa shape index (κ3) is 2.93. The Kier molecular flexibility index (Phi) is 4.51. The van der Waals surface area contributed by atoms with Crippen LogP contribution in [0.15, 0.2) is 23.6 Å². The molecular weight excluding hydrogens is 347 g/mol. The van der Waals surface area contributed by atoms with Crippen LogP contribution in [0.3, 0.4) is 0 Å². The van der Waals surface area contributed by atoms with Crippen molar-refractivity contribution in [3.63, 3.8) is 0 Å². The normalized spacial score (nSPS) is 41.3. The van der Waals surface area contributed by atoms with E-state index in [1.807, 2.05) is 0 Å². The summed E-state index contributed by atoms with van der Waals surface area (Å²) in [4.78, 5) is 15.5. The molecule has 5 nitrogen and oxygen atoms in total. The highest BCUT2D eigenvalue weighted by Crippen LogP contribution is 2.43. The first-order valence-corrected chi connectivity index (χ1v) is 9.19. The number of likely N-dealkylation sites (tertiary alicyclic amines) is 1. The summed E-state index contributed by atoms with van der Waals surface area (Å²) in [5.41, 5.74) is 6.33. The lowest BCUT2D eigenvalue weighted by molar-refractivity contribution is 0.0868. The first-order valence-electron chi connectivity index (χ1n) is 9.19. The number of hydrogen-bond donors (Lipinski definition) is 1. The number of carbonyl (C=O) groups is 1. The number of fused-ring (bicyclic) bond motifs is 1. The van der Waals surface area contributed by atoms with Gasteiger partial charge >= 0.3 is 6.09 Å². The third-order valence-corrected chi connectivity index (χ3v) is 6.54. The van der Waals surface area contributed by atoms with Crippen LogP contribution in [-0.4, -0.2) is 60.3 Å². The molecule has 0 aromatic carbocycles. The Labute approximate surface area is 150 Å². The van der Waals surface area contributed by atoms with E-state index in [4.69, 9.17) is 10.5 Å². The summed E-state index contributed by atoms with van der Waals surface area (Å²) >= 11 is 0. The monoisotopic (exact) mass is 371 g/mol. The summed E-state index contributed by atoms with van der Waals surface area (Å²) < 4.78 is 46.4. The minimum absolute atomic E-state index is 0.0670. The molecule has 6 atom stereocenters. The molecule has 2 saturated heterocycles. The van der Waals surface area contributed by atoms with Gasteiger partial charge in [-0.3, -0.25) is 4.90 Å². The number of rotatable bonds is 2. The number of hydrogen-bond acceptors (Lipinski definition) is 4. The Morgan fingerprint density at radius 1 is 1.23 bits per heavy atom. The number of halogens is 3. The van der Waals surface area contributed by atoms with Crippen LogP contribution in [0, 0.1) is 11.8 Å². The highest BCUT2D eigenvalue weighted by molar-refractivity contribution is 5.70. The van der Waals surface area contributed by atoms with E-state index in [-0.39, 0.29) is 42.7 Å². The molecule has 0 radical (unpaired) electrons. The number of allylic oxidation sites excluding steroid dienone is 4. The van der Waals surface area contributed by atoms with Gasteiger partial charge in [0.1, 0.15) is 17.8 Å². The molecule has 4 rings (SSSR count). The van der Waals surface area contributed by atoms with Gasteiger partial charge in [0, 0.05) is 50.6 Å². The van der Waals surface area contributed by atoms with E-state index in [1.165, 1.54) is 0 Å². The van der Waals surface area contributed by atoms with Crippen molar-refractivity contribution in [1.29, 1.82) is 0 Å². The second-order valence-electron chi connectivity index (χ2n) is 7.94. The molecule has 2 aliphatic carbocycles. The maximum atomic E-state index is 14.2. The predicted octanol–water partition coefficient (Wildman–Crippen LogP) is 2.64. The molecular formula is C18H24F3N3O2. The van der Waals surface area contributed by atoms with Crippen molar-refractivity contribution in [2.24, 2.45) is 17.6 Å². The summed E-state index contributed by atoms with van der Waals surface area (Å²) in [6.45, 7) is 1.43. The van der Waals surface area contributed by atoms with Crippen LogP contribution in [0.5, 0.6) is 0 Å². The lowest BCUT2D eigenvalue weighted by Crippen LogP contribution is -2.49. The smallest absolute Gasteiger partial charge is 0.410 e. The van der Waals surface area contributed by atoms with Crippen molar-refractivity contribution < 1.29 is 22.7 Å². The van der Waals surface area contributed by atoms with Crippen molar-refractivity contribution >= 4 is 6.09 Å². The lowest BCUT2D eigenvalue weighted by atomic mass is 9.72. The van der Waals surface area contributed by atoms with E-state index in [0.717, 1.165) is 13.0 Å².